The summed E-state index contributed by atoms with van der Waals surface area (Å²) in [5.41, 5.74) is 0. The van der Waals surface area contributed by atoms with Gasteiger partial charge in [0.25, 0.3) is 5.92 Å². The van der Waals surface area contributed by atoms with Crippen molar-refractivity contribution in [2.45, 2.75) is 57.5 Å². The highest BCUT2D eigenvalue weighted by molar-refractivity contribution is 4.87. The van der Waals surface area contributed by atoms with Crippen LogP contribution in [0.25, 0.3) is 0 Å². The van der Waals surface area contributed by atoms with Gasteiger partial charge in [0.2, 0.25) is 0 Å². The fourth-order valence-electron chi connectivity index (χ4n) is 1.70. The Kier molecular flexibility index (Phi) is 3.04. The standard InChI is InChI=1S/C9H17F2N/c1-7(2)12-8-5-3-4-6-9(8,10)11/h7-8,12H,3-6H2,1-2H3. The normalized spacial score (nSPS) is 29.2. The van der Waals surface area contributed by atoms with Crippen molar-refractivity contribution >= 4 is 0 Å². The molecule has 3 heteroatoms. The van der Waals surface area contributed by atoms with Gasteiger partial charge in [-0.25, -0.2) is 8.78 Å². The van der Waals surface area contributed by atoms with E-state index in [2.05, 4.69) is 5.32 Å². The Morgan fingerprint density at radius 2 is 2.00 bits per heavy atom. The van der Waals surface area contributed by atoms with E-state index in [4.69, 9.17) is 0 Å². The summed E-state index contributed by atoms with van der Waals surface area (Å²) in [6, 6.07) is -0.440. The van der Waals surface area contributed by atoms with Crippen LogP contribution in [-0.2, 0) is 0 Å². The Bertz CT molecular complexity index is 145. The maximum Gasteiger partial charge on any atom is 0.263 e. The quantitative estimate of drug-likeness (QED) is 0.683. The molecule has 1 aliphatic rings. The molecule has 0 heterocycles. The average Bonchev–Trinajstić information content (AvgIpc) is 1.92. The first-order valence-corrected chi connectivity index (χ1v) is 4.66. The minimum absolute atomic E-state index is 0.0530. The number of halogens is 2. The lowest BCUT2D eigenvalue weighted by Crippen LogP contribution is -2.49. The summed E-state index contributed by atoms with van der Waals surface area (Å²) in [7, 11) is 0. The molecule has 1 N–H and O–H groups in total. The van der Waals surface area contributed by atoms with E-state index in [0.29, 0.717) is 12.8 Å². The molecule has 1 aliphatic carbocycles. The summed E-state index contributed by atoms with van der Waals surface area (Å²) in [4.78, 5) is 0. The molecule has 1 unspecified atom stereocenters. The summed E-state index contributed by atoms with van der Waals surface area (Å²) in [5.74, 6) is -2.48. The van der Waals surface area contributed by atoms with Gasteiger partial charge in [-0.15, -0.1) is 0 Å². The SMILES string of the molecule is CC(C)NC1CCCCC1(F)F. The van der Waals surface area contributed by atoms with E-state index in [1.807, 2.05) is 13.8 Å². The van der Waals surface area contributed by atoms with Crippen molar-refractivity contribution in [1.82, 2.24) is 5.32 Å². The van der Waals surface area contributed by atoms with Crippen LogP contribution in [0.15, 0.2) is 0 Å². The summed E-state index contributed by atoms with van der Waals surface area (Å²) < 4.78 is 26.3. The van der Waals surface area contributed by atoms with Crippen molar-refractivity contribution in [3.05, 3.63) is 0 Å². The molecule has 1 saturated carbocycles. The van der Waals surface area contributed by atoms with Gasteiger partial charge < -0.3 is 5.32 Å². The smallest absolute Gasteiger partial charge is 0.263 e. The lowest BCUT2D eigenvalue weighted by Gasteiger charge is -2.33. The second kappa shape index (κ2) is 3.69. The van der Waals surface area contributed by atoms with E-state index >= 15 is 0 Å². The molecule has 0 spiro atoms. The zero-order chi connectivity index (χ0) is 9.19. The van der Waals surface area contributed by atoms with Crippen LogP contribution in [-0.4, -0.2) is 18.0 Å². The Labute approximate surface area is 72.5 Å². The molecule has 1 rings (SSSR count). The molecule has 1 nitrogen and oxygen atoms in total. The van der Waals surface area contributed by atoms with Gasteiger partial charge in [0.05, 0.1) is 6.04 Å². The van der Waals surface area contributed by atoms with Crippen LogP contribution in [0, 0.1) is 0 Å². The molecule has 0 bridgehead atoms. The molecule has 0 aromatic heterocycles. The first kappa shape index (κ1) is 9.90. The predicted octanol–water partition coefficient (Wildman–Crippen LogP) is 2.56. The molecule has 0 aromatic carbocycles. The van der Waals surface area contributed by atoms with Crippen molar-refractivity contribution in [1.29, 1.82) is 0 Å². The fourth-order valence-corrected chi connectivity index (χ4v) is 1.70. The van der Waals surface area contributed by atoms with Gasteiger partial charge in [0.15, 0.2) is 0 Å². The van der Waals surface area contributed by atoms with Crippen LogP contribution in [0.4, 0.5) is 8.78 Å². The Hall–Kier alpha value is -0.180. The van der Waals surface area contributed by atoms with Crippen molar-refractivity contribution in [3.8, 4) is 0 Å². The minimum Gasteiger partial charge on any atom is -0.306 e. The number of nitrogens with one attached hydrogen (secondary N) is 1. The molecule has 0 aliphatic heterocycles. The van der Waals surface area contributed by atoms with Crippen LogP contribution in [0.5, 0.6) is 0 Å². The van der Waals surface area contributed by atoms with Crippen molar-refractivity contribution < 1.29 is 8.78 Å². The number of rotatable bonds is 2. The molecule has 1 atom stereocenters. The maximum absolute atomic E-state index is 13.2. The van der Waals surface area contributed by atoms with Gasteiger partial charge in [-0.2, -0.15) is 0 Å². The third-order valence-corrected chi connectivity index (χ3v) is 2.30. The lowest BCUT2D eigenvalue weighted by atomic mass is 9.91. The summed E-state index contributed by atoms with van der Waals surface area (Å²) in [6.45, 7) is 3.81. The highest BCUT2D eigenvalue weighted by atomic mass is 19.3. The van der Waals surface area contributed by atoms with Crippen LogP contribution in [0.3, 0.4) is 0 Å². The van der Waals surface area contributed by atoms with E-state index in [1.165, 1.54) is 0 Å². The second-order valence-corrected chi connectivity index (χ2v) is 3.88. The maximum atomic E-state index is 13.2. The van der Waals surface area contributed by atoms with E-state index < -0.39 is 12.0 Å². The largest absolute Gasteiger partial charge is 0.306 e. The van der Waals surface area contributed by atoms with Crippen LogP contribution in [0.1, 0.15) is 39.5 Å². The van der Waals surface area contributed by atoms with Gasteiger partial charge >= 0.3 is 0 Å². The van der Waals surface area contributed by atoms with Gasteiger partial charge in [-0.1, -0.05) is 20.3 Å². The molecule has 0 radical (unpaired) electrons. The lowest BCUT2D eigenvalue weighted by molar-refractivity contribution is -0.0657. The van der Waals surface area contributed by atoms with Crippen molar-refractivity contribution in [3.63, 3.8) is 0 Å². The van der Waals surface area contributed by atoms with E-state index in [0.717, 1.165) is 6.42 Å². The van der Waals surface area contributed by atoms with E-state index in [9.17, 15) is 8.78 Å². The Balaban J connectivity index is 2.48. The molecular weight excluding hydrogens is 160 g/mol. The van der Waals surface area contributed by atoms with Gasteiger partial charge in [-0.05, 0) is 12.8 Å². The van der Waals surface area contributed by atoms with Crippen LogP contribution >= 0.6 is 0 Å². The Morgan fingerprint density at radius 1 is 1.33 bits per heavy atom. The van der Waals surface area contributed by atoms with Crippen molar-refractivity contribution in [2.75, 3.05) is 0 Å². The first-order chi connectivity index (χ1) is 5.52. The number of hydrogen-bond acceptors (Lipinski definition) is 1. The fraction of sp³-hybridized carbons (Fsp3) is 1.00. The molecule has 0 amide bonds. The van der Waals surface area contributed by atoms with E-state index in [-0.39, 0.29) is 12.5 Å². The Morgan fingerprint density at radius 3 is 2.50 bits per heavy atom. The monoisotopic (exact) mass is 177 g/mol. The molecular formula is C9H17F2N. The number of alkyl halides is 2. The third kappa shape index (κ3) is 2.41. The molecule has 1 fully saturated rings. The topological polar surface area (TPSA) is 12.0 Å². The van der Waals surface area contributed by atoms with E-state index in [1.54, 1.807) is 0 Å². The first-order valence-electron chi connectivity index (χ1n) is 4.66. The summed E-state index contributed by atoms with van der Waals surface area (Å²) in [6.07, 6.45) is 2.27. The minimum atomic E-state index is -2.48. The molecule has 0 aromatic rings. The summed E-state index contributed by atoms with van der Waals surface area (Å²) >= 11 is 0. The molecule has 72 valence electrons. The van der Waals surface area contributed by atoms with Gasteiger partial charge in [0.1, 0.15) is 0 Å². The molecule has 12 heavy (non-hydrogen) atoms. The molecule has 0 saturated heterocycles. The van der Waals surface area contributed by atoms with Crippen LogP contribution < -0.4 is 5.32 Å². The highest BCUT2D eigenvalue weighted by Crippen LogP contribution is 2.33. The van der Waals surface area contributed by atoms with Gasteiger partial charge in [-0.3, -0.25) is 0 Å². The number of hydrogen-bond donors (Lipinski definition) is 1. The zero-order valence-electron chi connectivity index (χ0n) is 7.74. The van der Waals surface area contributed by atoms with Crippen LogP contribution in [0.2, 0.25) is 0 Å². The second-order valence-electron chi connectivity index (χ2n) is 3.88. The van der Waals surface area contributed by atoms with Gasteiger partial charge in [0, 0.05) is 12.5 Å². The zero-order valence-corrected chi connectivity index (χ0v) is 7.74. The predicted molar refractivity (Wildman–Crippen MR) is 45.5 cm³/mol. The average molecular weight is 177 g/mol. The summed E-state index contributed by atoms with van der Waals surface area (Å²) in [5, 5.41) is 2.92. The third-order valence-electron chi connectivity index (χ3n) is 2.30. The highest BCUT2D eigenvalue weighted by Gasteiger charge is 2.41. The van der Waals surface area contributed by atoms with Crippen molar-refractivity contribution in [2.24, 2.45) is 0 Å².